The van der Waals surface area contributed by atoms with E-state index in [4.69, 9.17) is 0 Å². The molecule has 122 valence electrons. The number of aliphatic imine (C=N–C) groups is 1. The minimum Gasteiger partial charge on any atom is -0.351 e. The smallest absolute Gasteiger partial charge is 0.269 e. The maximum atomic E-state index is 12.9. The molecule has 1 atom stereocenters. The van der Waals surface area contributed by atoms with Gasteiger partial charge in [-0.05, 0) is 36.3 Å². The zero-order valence-electron chi connectivity index (χ0n) is 12.8. The summed E-state index contributed by atoms with van der Waals surface area (Å²) in [5.74, 6) is -3.79. The van der Waals surface area contributed by atoms with Gasteiger partial charge < -0.3 is 5.32 Å². The molecule has 0 radical (unpaired) electrons. The summed E-state index contributed by atoms with van der Waals surface area (Å²) >= 11 is 0. The van der Waals surface area contributed by atoms with Crippen LogP contribution in [0.1, 0.15) is 12.5 Å². The Kier molecular flexibility index (Phi) is 4.07. The first kappa shape index (κ1) is 15.8. The van der Waals surface area contributed by atoms with Gasteiger partial charge in [-0.1, -0.05) is 18.2 Å². The quantitative estimate of drug-likeness (QED) is 0.850. The van der Waals surface area contributed by atoms with Gasteiger partial charge in [-0.3, -0.25) is 19.3 Å². The fraction of sp³-hybridized carbons (Fsp3) is 0.176. The fourth-order valence-electron chi connectivity index (χ4n) is 2.46. The van der Waals surface area contributed by atoms with E-state index in [0.29, 0.717) is 11.1 Å². The van der Waals surface area contributed by atoms with E-state index < -0.39 is 23.6 Å². The van der Waals surface area contributed by atoms with Crippen LogP contribution in [-0.4, -0.2) is 28.5 Å². The number of amidine groups is 1. The topological polar surface area (TPSA) is 78.8 Å². The molecule has 0 aliphatic carbocycles. The van der Waals surface area contributed by atoms with E-state index in [2.05, 4.69) is 10.3 Å². The van der Waals surface area contributed by atoms with Crippen LogP contribution in [0.3, 0.4) is 0 Å². The Balaban J connectivity index is 1.74. The third-order valence-corrected chi connectivity index (χ3v) is 3.75. The zero-order valence-corrected chi connectivity index (χ0v) is 12.8. The monoisotopic (exact) mass is 327 g/mol. The van der Waals surface area contributed by atoms with Gasteiger partial charge >= 0.3 is 0 Å². The number of nitrogens with one attached hydrogen (secondary N) is 1. The Morgan fingerprint density at radius 2 is 2.00 bits per heavy atom. The molecule has 0 spiro atoms. The molecule has 0 aromatic heterocycles. The van der Waals surface area contributed by atoms with E-state index in [1.165, 1.54) is 35.4 Å². The first-order valence-electron chi connectivity index (χ1n) is 7.30. The van der Waals surface area contributed by atoms with E-state index in [1.54, 1.807) is 19.1 Å². The third kappa shape index (κ3) is 2.88. The van der Waals surface area contributed by atoms with Gasteiger partial charge in [-0.15, -0.1) is 0 Å². The van der Waals surface area contributed by atoms with Gasteiger partial charge in [0.2, 0.25) is 5.91 Å². The molecule has 1 unspecified atom stereocenters. The molecule has 0 bridgehead atoms. The summed E-state index contributed by atoms with van der Waals surface area (Å²) in [5.41, 5.74) is 1.32. The molecule has 2 aliphatic rings. The summed E-state index contributed by atoms with van der Waals surface area (Å²) in [4.78, 5) is 41.9. The van der Waals surface area contributed by atoms with Crippen LogP contribution in [0.15, 0.2) is 53.2 Å². The van der Waals surface area contributed by atoms with Crippen LogP contribution in [0.25, 0.3) is 0 Å². The molecular weight excluding hydrogens is 313 g/mol. The highest BCUT2D eigenvalue weighted by molar-refractivity contribution is 6.28. The van der Waals surface area contributed by atoms with Crippen LogP contribution in [0.2, 0.25) is 0 Å². The number of benzene rings is 1. The number of allylic oxidation sites excluding steroid dienone is 2. The largest absolute Gasteiger partial charge is 0.351 e. The lowest BCUT2D eigenvalue weighted by molar-refractivity contribution is -0.144. The van der Waals surface area contributed by atoms with Crippen LogP contribution >= 0.6 is 0 Å². The first-order chi connectivity index (χ1) is 11.5. The number of carbonyl (C=O) groups excluding carboxylic acids is 3. The van der Waals surface area contributed by atoms with E-state index >= 15 is 0 Å². The number of rotatable bonds is 3. The molecule has 2 aliphatic heterocycles. The van der Waals surface area contributed by atoms with Gasteiger partial charge in [0.25, 0.3) is 11.8 Å². The maximum absolute atomic E-state index is 12.9. The molecule has 0 fully saturated rings. The van der Waals surface area contributed by atoms with Crippen molar-refractivity contribution in [2.45, 2.75) is 13.5 Å². The summed E-state index contributed by atoms with van der Waals surface area (Å²) in [7, 11) is 0. The van der Waals surface area contributed by atoms with E-state index in [9.17, 15) is 18.8 Å². The van der Waals surface area contributed by atoms with Crippen LogP contribution in [0, 0.1) is 11.7 Å². The molecule has 7 heteroatoms. The highest BCUT2D eigenvalue weighted by Crippen LogP contribution is 2.21. The summed E-state index contributed by atoms with van der Waals surface area (Å²) in [6.07, 6.45) is 4.85. The van der Waals surface area contributed by atoms with Crippen LogP contribution in [-0.2, 0) is 20.9 Å². The number of fused-ring (bicyclic) bond motifs is 1. The van der Waals surface area contributed by atoms with Gasteiger partial charge in [-0.25, -0.2) is 4.39 Å². The van der Waals surface area contributed by atoms with Crippen molar-refractivity contribution in [3.05, 3.63) is 59.6 Å². The standard InChI is InChI=1S/C17H14FN3O3/c1-10-3-2-8-21-14(10)20-16(23)13(17(21)24)15(22)19-9-11-4-6-12(18)7-5-11/h2-8,13H,9H2,1H3,(H,19,22). The lowest BCUT2D eigenvalue weighted by Crippen LogP contribution is -2.51. The Morgan fingerprint density at radius 3 is 2.71 bits per heavy atom. The van der Waals surface area contributed by atoms with Gasteiger partial charge in [0.1, 0.15) is 11.7 Å². The van der Waals surface area contributed by atoms with Crippen molar-refractivity contribution in [2.24, 2.45) is 10.9 Å². The Morgan fingerprint density at radius 1 is 1.29 bits per heavy atom. The van der Waals surface area contributed by atoms with Gasteiger partial charge in [0.05, 0.1) is 0 Å². The van der Waals surface area contributed by atoms with Gasteiger partial charge in [-0.2, -0.15) is 4.99 Å². The number of carbonyl (C=O) groups is 3. The minimum absolute atomic E-state index is 0.0848. The molecule has 1 N–H and O–H groups in total. The van der Waals surface area contributed by atoms with Crippen LogP contribution in [0.4, 0.5) is 4.39 Å². The highest BCUT2D eigenvalue weighted by Gasteiger charge is 2.42. The number of hydrogen-bond donors (Lipinski definition) is 1. The Bertz CT molecular complexity index is 809. The zero-order chi connectivity index (χ0) is 17.3. The minimum atomic E-state index is -1.51. The Labute approximate surface area is 137 Å². The first-order valence-corrected chi connectivity index (χ1v) is 7.30. The van der Waals surface area contributed by atoms with Crippen molar-refractivity contribution in [3.8, 4) is 0 Å². The molecule has 24 heavy (non-hydrogen) atoms. The van der Waals surface area contributed by atoms with Crippen molar-refractivity contribution in [1.29, 1.82) is 0 Å². The molecule has 3 rings (SSSR count). The highest BCUT2D eigenvalue weighted by atomic mass is 19.1. The van der Waals surface area contributed by atoms with Gasteiger partial charge in [0.15, 0.2) is 5.92 Å². The molecule has 1 aromatic rings. The third-order valence-electron chi connectivity index (χ3n) is 3.75. The van der Waals surface area contributed by atoms with E-state index in [1.807, 2.05) is 0 Å². The number of hydrogen-bond acceptors (Lipinski definition) is 3. The van der Waals surface area contributed by atoms with Crippen molar-refractivity contribution in [3.63, 3.8) is 0 Å². The normalized spacial score (nSPS) is 19.6. The lowest BCUT2D eigenvalue weighted by atomic mass is 10.0. The molecular formula is C17H14FN3O3. The molecule has 0 saturated carbocycles. The predicted octanol–water partition coefficient (Wildman–Crippen LogP) is 1.30. The van der Waals surface area contributed by atoms with Crippen LogP contribution < -0.4 is 5.32 Å². The summed E-state index contributed by atoms with van der Waals surface area (Å²) in [6, 6.07) is 5.56. The average molecular weight is 327 g/mol. The van der Waals surface area contributed by atoms with Crippen molar-refractivity contribution < 1.29 is 18.8 Å². The second-order valence-electron chi connectivity index (χ2n) is 5.45. The molecule has 3 amide bonds. The van der Waals surface area contributed by atoms with E-state index in [0.717, 1.165) is 0 Å². The molecule has 6 nitrogen and oxygen atoms in total. The number of nitrogens with zero attached hydrogens (tertiary/aromatic N) is 2. The lowest BCUT2D eigenvalue weighted by Gasteiger charge is -2.29. The molecule has 1 aromatic carbocycles. The van der Waals surface area contributed by atoms with Crippen molar-refractivity contribution >= 4 is 23.6 Å². The fourth-order valence-corrected chi connectivity index (χ4v) is 2.46. The predicted molar refractivity (Wildman–Crippen MR) is 83.9 cm³/mol. The summed E-state index contributed by atoms with van der Waals surface area (Å²) in [5, 5.41) is 2.52. The second-order valence-corrected chi connectivity index (χ2v) is 5.45. The summed E-state index contributed by atoms with van der Waals surface area (Å²) in [6.45, 7) is 1.81. The average Bonchev–Trinajstić information content (AvgIpc) is 2.55. The second kappa shape index (κ2) is 6.19. The van der Waals surface area contributed by atoms with Crippen molar-refractivity contribution in [2.75, 3.05) is 0 Å². The number of amides is 3. The van der Waals surface area contributed by atoms with Crippen molar-refractivity contribution in [1.82, 2.24) is 10.2 Å². The molecule has 0 saturated heterocycles. The number of halogens is 1. The maximum Gasteiger partial charge on any atom is 0.269 e. The summed E-state index contributed by atoms with van der Waals surface area (Å²) < 4.78 is 12.9. The SMILES string of the molecule is CC1=CC=CN2C(=O)C(C(=O)NCc3ccc(F)cc3)C(=O)N=C12. The van der Waals surface area contributed by atoms with Gasteiger partial charge in [0, 0.05) is 12.7 Å². The van der Waals surface area contributed by atoms with E-state index in [-0.39, 0.29) is 18.2 Å². The van der Waals surface area contributed by atoms with Crippen LogP contribution in [0.5, 0.6) is 0 Å². The Hall–Kier alpha value is -3.09. The molecule has 2 heterocycles.